The predicted molar refractivity (Wildman–Crippen MR) is 87.4 cm³/mol. The maximum atomic E-state index is 6.79. The summed E-state index contributed by atoms with van der Waals surface area (Å²) in [5, 5.41) is 0. The van der Waals surface area contributed by atoms with Crippen molar-refractivity contribution >= 4 is 0 Å². The molecule has 0 saturated carbocycles. The van der Waals surface area contributed by atoms with Crippen molar-refractivity contribution in [3.8, 4) is 0 Å². The minimum atomic E-state index is -0.130. The molecule has 3 unspecified atom stereocenters. The fourth-order valence-corrected chi connectivity index (χ4v) is 4.68. The Balaban J connectivity index is 1.88. The molecule has 1 aliphatic heterocycles. The van der Waals surface area contributed by atoms with Gasteiger partial charge in [0, 0.05) is 12.0 Å². The van der Waals surface area contributed by atoms with Crippen molar-refractivity contribution in [3.63, 3.8) is 0 Å². The van der Waals surface area contributed by atoms with Gasteiger partial charge in [-0.05, 0) is 70.4 Å². The van der Waals surface area contributed by atoms with Crippen LogP contribution in [0.4, 0.5) is 0 Å². The summed E-state index contributed by atoms with van der Waals surface area (Å²) in [6.07, 6.45) is 4.73. The molecule has 2 heteroatoms. The fourth-order valence-electron chi connectivity index (χ4n) is 4.68. The summed E-state index contributed by atoms with van der Waals surface area (Å²) in [5.74, 6) is 0.903. The number of hydrogen-bond donors (Lipinski definition) is 1. The molecule has 0 aromatic heterocycles. The lowest BCUT2D eigenvalue weighted by Gasteiger charge is -2.38. The highest BCUT2D eigenvalue weighted by molar-refractivity contribution is 5.34. The molecule has 2 N–H and O–H groups in total. The smallest absolute Gasteiger partial charge is 0.0677 e. The highest BCUT2D eigenvalue weighted by atomic mass is 16.5. The van der Waals surface area contributed by atoms with Gasteiger partial charge in [0.05, 0.1) is 11.2 Å². The molecule has 3 rings (SSSR count). The third-order valence-corrected chi connectivity index (χ3v) is 5.49. The average molecular weight is 287 g/mol. The predicted octanol–water partition coefficient (Wildman–Crippen LogP) is 4.03. The van der Waals surface area contributed by atoms with E-state index in [0.717, 1.165) is 6.42 Å². The minimum Gasteiger partial charge on any atom is -0.369 e. The molecule has 0 amide bonds. The van der Waals surface area contributed by atoms with Crippen LogP contribution < -0.4 is 5.73 Å². The molecule has 1 heterocycles. The number of hydrogen-bond acceptors (Lipinski definition) is 2. The largest absolute Gasteiger partial charge is 0.369 e. The molecular formula is C19H29NO. The minimum absolute atomic E-state index is 0.0556. The van der Waals surface area contributed by atoms with E-state index in [4.69, 9.17) is 10.5 Å². The van der Waals surface area contributed by atoms with Gasteiger partial charge in [0.15, 0.2) is 0 Å². The number of nitrogens with two attached hydrogens (primary N) is 1. The highest BCUT2D eigenvalue weighted by Gasteiger charge is 2.50. The molecule has 1 aliphatic carbocycles. The normalized spacial score (nSPS) is 31.7. The average Bonchev–Trinajstić information content (AvgIpc) is 2.65. The van der Waals surface area contributed by atoms with Crippen LogP contribution in [0.15, 0.2) is 24.3 Å². The maximum Gasteiger partial charge on any atom is 0.0677 e. The van der Waals surface area contributed by atoms with E-state index in [1.165, 1.54) is 30.4 Å². The van der Waals surface area contributed by atoms with Crippen LogP contribution in [-0.4, -0.2) is 17.2 Å². The molecule has 2 nitrogen and oxygen atoms in total. The lowest BCUT2D eigenvalue weighted by Crippen LogP contribution is -2.45. The first kappa shape index (κ1) is 15.1. The van der Waals surface area contributed by atoms with Crippen LogP contribution in [0.3, 0.4) is 0 Å². The molecule has 116 valence electrons. The van der Waals surface area contributed by atoms with Gasteiger partial charge >= 0.3 is 0 Å². The standard InChI is InChI=1S/C19H29NO/c1-18(2)12-16(19(3,4)21-18)17(20)15-11-7-9-13-8-5-6-10-14(13)15/h5-6,8,10,15-17H,7,9,11-12,20H2,1-4H3. The fraction of sp³-hybridized carbons (Fsp3) is 0.684. The van der Waals surface area contributed by atoms with Gasteiger partial charge in [-0.3, -0.25) is 0 Å². The van der Waals surface area contributed by atoms with Crippen LogP contribution in [0.2, 0.25) is 0 Å². The molecule has 1 aromatic rings. The van der Waals surface area contributed by atoms with Gasteiger partial charge in [0.25, 0.3) is 0 Å². The van der Waals surface area contributed by atoms with Gasteiger partial charge in [0.1, 0.15) is 0 Å². The van der Waals surface area contributed by atoms with E-state index in [0.29, 0.717) is 11.8 Å². The lowest BCUT2D eigenvalue weighted by molar-refractivity contribution is -0.0774. The SMILES string of the molecule is CC1(C)CC(C(N)C2CCCc3ccccc32)C(C)(C)O1. The van der Waals surface area contributed by atoms with Crippen molar-refractivity contribution in [1.82, 2.24) is 0 Å². The van der Waals surface area contributed by atoms with Crippen LogP contribution in [0.1, 0.15) is 64.0 Å². The summed E-state index contributed by atoms with van der Waals surface area (Å²) in [5.41, 5.74) is 9.58. The van der Waals surface area contributed by atoms with E-state index in [1.54, 1.807) is 0 Å². The van der Waals surface area contributed by atoms with E-state index in [1.807, 2.05) is 0 Å². The molecule has 1 aromatic carbocycles. The van der Waals surface area contributed by atoms with Crippen LogP contribution in [-0.2, 0) is 11.2 Å². The van der Waals surface area contributed by atoms with Gasteiger partial charge in [-0.2, -0.15) is 0 Å². The summed E-state index contributed by atoms with van der Waals surface area (Å²) < 4.78 is 6.27. The van der Waals surface area contributed by atoms with Gasteiger partial charge < -0.3 is 10.5 Å². The molecular weight excluding hydrogens is 258 g/mol. The van der Waals surface area contributed by atoms with Gasteiger partial charge in [-0.25, -0.2) is 0 Å². The Morgan fingerprint density at radius 2 is 1.90 bits per heavy atom. The zero-order chi connectivity index (χ0) is 15.3. The van der Waals surface area contributed by atoms with E-state index in [-0.39, 0.29) is 17.2 Å². The van der Waals surface area contributed by atoms with Crippen LogP contribution in [0.25, 0.3) is 0 Å². The van der Waals surface area contributed by atoms with Crippen molar-refractivity contribution in [2.45, 2.75) is 76.5 Å². The topological polar surface area (TPSA) is 35.2 Å². The zero-order valence-corrected chi connectivity index (χ0v) is 13.9. The Hall–Kier alpha value is -0.860. The molecule has 3 atom stereocenters. The van der Waals surface area contributed by atoms with Gasteiger partial charge in [0.2, 0.25) is 0 Å². The third-order valence-electron chi connectivity index (χ3n) is 5.49. The summed E-state index contributed by atoms with van der Waals surface area (Å²) in [6.45, 7) is 8.80. The zero-order valence-electron chi connectivity index (χ0n) is 13.9. The Morgan fingerprint density at radius 1 is 1.19 bits per heavy atom. The number of rotatable bonds is 2. The van der Waals surface area contributed by atoms with Crippen LogP contribution in [0.5, 0.6) is 0 Å². The molecule has 0 bridgehead atoms. The first-order valence-corrected chi connectivity index (χ1v) is 8.34. The molecule has 0 radical (unpaired) electrons. The number of benzene rings is 1. The summed E-state index contributed by atoms with van der Waals surface area (Å²) >= 11 is 0. The first-order valence-electron chi connectivity index (χ1n) is 8.34. The summed E-state index contributed by atoms with van der Waals surface area (Å²) in [6, 6.07) is 9.05. The van der Waals surface area contributed by atoms with Crippen molar-refractivity contribution in [2.24, 2.45) is 11.7 Å². The number of aryl methyl sites for hydroxylation is 1. The molecule has 2 aliphatic rings. The summed E-state index contributed by atoms with van der Waals surface area (Å²) in [4.78, 5) is 0. The van der Waals surface area contributed by atoms with Crippen molar-refractivity contribution in [3.05, 3.63) is 35.4 Å². The van der Waals surface area contributed by atoms with Crippen LogP contribution in [0, 0.1) is 5.92 Å². The van der Waals surface area contributed by atoms with Crippen LogP contribution >= 0.6 is 0 Å². The molecule has 1 fully saturated rings. The van der Waals surface area contributed by atoms with E-state index >= 15 is 0 Å². The van der Waals surface area contributed by atoms with Crippen molar-refractivity contribution in [2.75, 3.05) is 0 Å². The maximum absolute atomic E-state index is 6.79. The van der Waals surface area contributed by atoms with Gasteiger partial charge in [-0.1, -0.05) is 24.3 Å². The van der Waals surface area contributed by atoms with Crippen molar-refractivity contribution < 1.29 is 4.74 Å². The second-order valence-electron chi connectivity index (χ2n) is 8.05. The molecule has 1 saturated heterocycles. The Morgan fingerprint density at radius 3 is 2.57 bits per heavy atom. The molecule has 0 spiro atoms. The highest BCUT2D eigenvalue weighted by Crippen LogP contribution is 2.47. The molecule has 21 heavy (non-hydrogen) atoms. The monoisotopic (exact) mass is 287 g/mol. The lowest BCUT2D eigenvalue weighted by atomic mass is 9.70. The van der Waals surface area contributed by atoms with Gasteiger partial charge in [-0.15, -0.1) is 0 Å². The Labute approximate surface area is 129 Å². The number of fused-ring (bicyclic) bond motifs is 1. The van der Waals surface area contributed by atoms with E-state index in [9.17, 15) is 0 Å². The third kappa shape index (κ3) is 2.76. The first-order chi connectivity index (χ1) is 9.80. The van der Waals surface area contributed by atoms with Crippen molar-refractivity contribution in [1.29, 1.82) is 0 Å². The Kier molecular flexibility index (Phi) is 3.66. The second kappa shape index (κ2) is 5.10. The second-order valence-corrected chi connectivity index (χ2v) is 8.05. The number of ether oxygens (including phenoxy) is 1. The van der Waals surface area contributed by atoms with E-state index in [2.05, 4.69) is 52.0 Å². The quantitative estimate of drug-likeness (QED) is 0.891. The van der Waals surface area contributed by atoms with E-state index < -0.39 is 0 Å². The Bertz CT molecular complexity index is 520. The summed E-state index contributed by atoms with van der Waals surface area (Å²) in [7, 11) is 0.